The van der Waals surface area contributed by atoms with E-state index >= 15 is 0 Å². The number of benzene rings is 1. The highest BCUT2D eigenvalue weighted by Gasteiger charge is 2.32. The molecule has 4 heteroatoms. The SMILES string of the molecule is CCN[C@H](C)CNC(=O)C1CCCOC1c1ccccc1. The highest BCUT2D eigenvalue weighted by Crippen LogP contribution is 2.33. The maximum atomic E-state index is 12.5. The molecule has 2 unspecified atom stereocenters. The molecule has 0 aromatic heterocycles. The fraction of sp³-hybridized carbons (Fsp3) is 0.588. The molecule has 0 aliphatic carbocycles. The van der Waals surface area contributed by atoms with E-state index < -0.39 is 0 Å². The lowest BCUT2D eigenvalue weighted by atomic mass is 9.88. The van der Waals surface area contributed by atoms with Crippen LogP contribution in [0.1, 0.15) is 38.4 Å². The molecule has 0 radical (unpaired) electrons. The fourth-order valence-electron chi connectivity index (χ4n) is 2.83. The lowest BCUT2D eigenvalue weighted by Gasteiger charge is -2.31. The monoisotopic (exact) mass is 290 g/mol. The van der Waals surface area contributed by atoms with E-state index in [2.05, 4.69) is 24.5 Å². The molecule has 0 bridgehead atoms. The first-order valence-electron chi connectivity index (χ1n) is 7.90. The number of likely N-dealkylation sites (N-methyl/N-ethyl adjacent to an activating group) is 1. The van der Waals surface area contributed by atoms with Crippen molar-refractivity contribution in [2.75, 3.05) is 19.7 Å². The van der Waals surface area contributed by atoms with Crippen LogP contribution >= 0.6 is 0 Å². The molecule has 0 spiro atoms. The Labute approximate surface area is 127 Å². The van der Waals surface area contributed by atoms with E-state index in [0.717, 1.165) is 31.6 Å². The van der Waals surface area contributed by atoms with Gasteiger partial charge in [-0.1, -0.05) is 37.3 Å². The van der Waals surface area contributed by atoms with Crippen molar-refractivity contribution in [2.24, 2.45) is 5.92 Å². The van der Waals surface area contributed by atoms with Crippen LogP contribution in [0.25, 0.3) is 0 Å². The molecule has 1 aliphatic rings. The van der Waals surface area contributed by atoms with Crippen molar-refractivity contribution in [1.29, 1.82) is 0 Å². The van der Waals surface area contributed by atoms with E-state index in [4.69, 9.17) is 4.74 Å². The summed E-state index contributed by atoms with van der Waals surface area (Å²) >= 11 is 0. The Morgan fingerprint density at radius 2 is 2.14 bits per heavy atom. The fourth-order valence-corrected chi connectivity index (χ4v) is 2.83. The third-order valence-corrected chi connectivity index (χ3v) is 3.92. The largest absolute Gasteiger partial charge is 0.373 e. The van der Waals surface area contributed by atoms with Gasteiger partial charge in [0.1, 0.15) is 0 Å². The number of rotatable bonds is 6. The average molecular weight is 290 g/mol. The van der Waals surface area contributed by atoms with Crippen LogP contribution in [0.2, 0.25) is 0 Å². The van der Waals surface area contributed by atoms with Gasteiger partial charge in [0.2, 0.25) is 5.91 Å². The number of hydrogen-bond donors (Lipinski definition) is 2. The first-order chi connectivity index (χ1) is 10.2. The minimum Gasteiger partial charge on any atom is -0.373 e. The molecule has 0 saturated carbocycles. The zero-order valence-corrected chi connectivity index (χ0v) is 13.0. The van der Waals surface area contributed by atoms with Crippen molar-refractivity contribution < 1.29 is 9.53 Å². The van der Waals surface area contributed by atoms with Crippen molar-refractivity contribution in [2.45, 2.75) is 38.8 Å². The van der Waals surface area contributed by atoms with Crippen LogP contribution in [0.5, 0.6) is 0 Å². The molecule has 1 aromatic carbocycles. The molecule has 1 aliphatic heterocycles. The Bertz CT molecular complexity index is 436. The summed E-state index contributed by atoms with van der Waals surface area (Å²) in [6.07, 6.45) is 1.72. The van der Waals surface area contributed by atoms with Crippen LogP contribution in [-0.2, 0) is 9.53 Å². The Morgan fingerprint density at radius 1 is 1.38 bits per heavy atom. The number of carbonyl (C=O) groups is 1. The number of carbonyl (C=O) groups excluding carboxylic acids is 1. The predicted molar refractivity (Wildman–Crippen MR) is 84.0 cm³/mol. The van der Waals surface area contributed by atoms with E-state index in [1.165, 1.54) is 0 Å². The quantitative estimate of drug-likeness (QED) is 0.845. The van der Waals surface area contributed by atoms with Gasteiger partial charge < -0.3 is 15.4 Å². The highest BCUT2D eigenvalue weighted by molar-refractivity contribution is 5.79. The maximum absolute atomic E-state index is 12.5. The van der Waals surface area contributed by atoms with Crippen LogP contribution in [0.3, 0.4) is 0 Å². The summed E-state index contributed by atoms with van der Waals surface area (Å²) in [5.41, 5.74) is 1.09. The highest BCUT2D eigenvalue weighted by atomic mass is 16.5. The molecule has 4 nitrogen and oxygen atoms in total. The average Bonchev–Trinajstić information content (AvgIpc) is 2.54. The van der Waals surface area contributed by atoms with E-state index in [1.807, 2.05) is 30.3 Å². The van der Waals surface area contributed by atoms with Crippen LogP contribution < -0.4 is 10.6 Å². The molecule has 1 saturated heterocycles. The zero-order valence-electron chi connectivity index (χ0n) is 13.0. The van der Waals surface area contributed by atoms with Crippen molar-refractivity contribution >= 4 is 5.91 Å². The molecule has 1 amide bonds. The molecule has 3 atom stereocenters. The summed E-state index contributed by atoms with van der Waals surface area (Å²) < 4.78 is 5.88. The predicted octanol–water partition coefficient (Wildman–Crippen LogP) is 2.27. The first kappa shape index (κ1) is 16.0. The third kappa shape index (κ3) is 4.55. The van der Waals surface area contributed by atoms with Crippen LogP contribution in [-0.4, -0.2) is 31.6 Å². The summed E-state index contributed by atoms with van der Waals surface area (Å²) in [5.74, 6) is 0.0169. The number of ether oxygens (including phenoxy) is 1. The van der Waals surface area contributed by atoms with Crippen LogP contribution in [0.4, 0.5) is 0 Å². The van der Waals surface area contributed by atoms with E-state index in [0.29, 0.717) is 12.6 Å². The van der Waals surface area contributed by atoms with Crippen molar-refractivity contribution in [3.63, 3.8) is 0 Å². The van der Waals surface area contributed by atoms with Gasteiger partial charge in [-0.2, -0.15) is 0 Å². The lowest BCUT2D eigenvalue weighted by Crippen LogP contribution is -2.43. The number of nitrogens with one attached hydrogen (secondary N) is 2. The van der Waals surface area contributed by atoms with Gasteiger partial charge in [-0.05, 0) is 31.9 Å². The van der Waals surface area contributed by atoms with Crippen LogP contribution in [0, 0.1) is 5.92 Å². The molecule has 2 rings (SSSR count). The summed E-state index contributed by atoms with van der Waals surface area (Å²) in [6, 6.07) is 10.3. The Hall–Kier alpha value is -1.39. The maximum Gasteiger partial charge on any atom is 0.226 e. The topological polar surface area (TPSA) is 50.4 Å². The van der Waals surface area contributed by atoms with Gasteiger partial charge >= 0.3 is 0 Å². The van der Waals surface area contributed by atoms with E-state index in [-0.39, 0.29) is 17.9 Å². The smallest absolute Gasteiger partial charge is 0.226 e. The van der Waals surface area contributed by atoms with Gasteiger partial charge in [-0.25, -0.2) is 0 Å². The third-order valence-electron chi connectivity index (χ3n) is 3.92. The summed E-state index contributed by atoms with van der Waals surface area (Å²) in [5, 5.41) is 6.36. The molecular weight excluding hydrogens is 264 g/mol. The van der Waals surface area contributed by atoms with Gasteiger partial charge in [-0.3, -0.25) is 4.79 Å². The van der Waals surface area contributed by atoms with E-state index in [9.17, 15) is 4.79 Å². The van der Waals surface area contributed by atoms with Gasteiger partial charge in [0.05, 0.1) is 12.0 Å². The summed E-state index contributed by atoms with van der Waals surface area (Å²) in [7, 11) is 0. The van der Waals surface area contributed by atoms with E-state index in [1.54, 1.807) is 0 Å². The minimum absolute atomic E-state index is 0.0880. The second-order valence-corrected chi connectivity index (χ2v) is 5.65. The normalized spacial score (nSPS) is 23.5. The second-order valence-electron chi connectivity index (χ2n) is 5.65. The Balaban J connectivity index is 1.96. The minimum atomic E-state index is -0.116. The van der Waals surface area contributed by atoms with Crippen molar-refractivity contribution in [3.8, 4) is 0 Å². The Kier molecular flexibility index (Phi) is 6.21. The number of amides is 1. The van der Waals surface area contributed by atoms with Crippen molar-refractivity contribution in [1.82, 2.24) is 10.6 Å². The van der Waals surface area contributed by atoms with Gasteiger partial charge in [0, 0.05) is 19.2 Å². The summed E-state index contributed by atoms with van der Waals surface area (Å²) in [6.45, 7) is 6.45. The van der Waals surface area contributed by atoms with Crippen molar-refractivity contribution in [3.05, 3.63) is 35.9 Å². The molecule has 2 N–H and O–H groups in total. The molecule has 116 valence electrons. The number of hydrogen-bond acceptors (Lipinski definition) is 3. The van der Waals surface area contributed by atoms with Gasteiger partial charge in [0.15, 0.2) is 0 Å². The summed E-state index contributed by atoms with van der Waals surface area (Å²) in [4.78, 5) is 12.5. The lowest BCUT2D eigenvalue weighted by molar-refractivity contribution is -0.134. The second kappa shape index (κ2) is 8.15. The zero-order chi connectivity index (χ0) is 15.1. The molecule has 1 aromatic rings. The van der Waals surface area contributed by atoms with Gasteiger partial charge in [0.25, 0.3) is 0 Å². The first-order valence-corrected chi connectivity index (χ1v) is 7.90. The van der Waals surface area contributed by atoms with Crippen LogP contribution in [0.15, 0.2) is 30.3 Å². The molecule has 1 heterocycles. The Morgan fingerprint density at radius 3 is 2.86 bits per heavy atom. The van der Waals surface area contributed by atoms with Gasteiger partial charge in [-0.15, -0.1) is 0 Å². The molecular formula is C17H26N2O2. The molecule has 21 heavy (non-hydrogen) atoms. The standard InChI is InChI=1S/C17H26N2O2/c1-3-18-13(2)12-19-17(20)15-10-7-11-21-16(15)14-8-5-4-6-9-14/h4-6,8-9,13,15-16,18H,3,7,10-12H2,1-2H3,(H,19,20)/t13-,15?,16?/m1/s1. The molecule has 1 fully saturated rings.